The number of carbonyl (C=O) groups is 1. The van der Waals surface area contributed by atoms with Crippen molar-refractivity contribution in [3.8, 4) is 0 Å². The van der Waals surface area contributed by atoms with E-state index < -0.39 is 9.85 Å². The van der Waals surface area contributed by atoms with E-state index in [2.05, 4.69) is 0 Å². The maximum atomic E-state index is 12.8. The third kappa shape index (κ3) is 3.25. The highest BCUT2D eigenvalue weighted by atomic mass is 16.6. The summed E-state index contributed by atoms with van der Waals surface area (Å²) in [6.45, 7) is 0.844. The van der Waals surface area contributed by atoms with Crippen molar-refractivity contribution in [1.82, 2.24) is 0 Å². The highest BCUT2D eigenvalue weighted by Crippen LogP contribution is 2.28. The first-order valence-corrected chi connectivity index (χ1v) is 7.55. The normalized spacial score (nSPS) is 14.5. The maximum absolute atomic E-state index is 12.8. The average Bonchev–Trinajstić information content (AvgIpc) is 2.62. The number of rotatable bonds is 4. The fourth-order valence-corrected chi connectivity index (χ4v) is 2.75. The Bertz CT molecular complexity index is 786. The Labute approximate surface area is 142 Å². The van der Waals surface area contributed by atoms with Crippen LogP contribution in [0.5, 0.6) is 0 Å². The molecule has 0 N–H and O–H groups in total. The van der Waals surface area contributed by atoms with Gasteiger partial charge in [0.25, 0.3) is 11.4 Å². The Kier molecular flexibility index (Phi) is 4.29. The smallest absolute Gasteiger partial charge is 0.294 e. The molecule has 2 aromatic rings. The molecule has 0 saturated carbocycles. The summed E-state index contributed by atoms with van der Waals surface area (Å²) in [5.41, 5.74) is 0.652. The van der Waals surface area contributed by atoms with Crippen molar-refractivity contribution >= 4 is 28.8 Å². The van der Waals surface area contributed by atoms with Crippen LogP contribution in [0.2, 0.25) is 0 Å². The number of anilines is 2. The van der Waals surface area contributed by atoms with Crippen LogP contribution in [0.3, 0.4) is 0 Å². The van der Waals surface area contributed by atoms with E-state index in [1.165, 1.54) is 46.2 Å². The van der Waals surface area contributed by atoms with Crippen LogP contribution in [0, 0.1) is 20.2 Å². The Hall–Kier alpha value is -3.49. The second kappa shape index (κ2) is 6.56. The van der Waals surface area contributed by atoms with Crippen LogP contribution in [0.15, 0.2) is 48.5 Å². The molecule has 2 amide bonds. The Balaban J connectivity index is 1.91. The molecular formula is C16H14N4O5. The zero-order chi connectivity index (χ0) is 18.0. The molecule has 1 aliphatic rings. The molecule has 0 atom stereocenters. The molecule has 0 bridgehead atoms. The number of urea groups is 1. The van der Waals surface area contributed by atoms with E-state index in [4.69, 9.17) is 0 Å². The zero-order valence-electron chi connectivity index (χ0n) is 13.1. The number of amides is 2. The van der Waals surface area contributed by atoms with Gasteiger partial charge >= 0.3 is 6.03 Å². The average molecular weight is 342 g/mol. The Morgan fingerprint density at radius 2 is 1.24 bits per heavy atom. The van der Waals surface area contributed by atoms with Crippen molar-refractivity contribution in [2.75, 3.05) is 22.9 Å². The number of nitro benzene ring substituents is 2. The van der Waals surface area contributed by atoms with E-state index in [-0.39, 0.29) is 17.4 Å². The first kappa shape index (κ1) is 16.4. The van der Waals surface area contributed by atoms with Crippen LogP contribution in [-0.4, -0.2) is 29.0 Å². The minimum Gasteiger partial charge on any atom is -0.294 e. The zero-order valence-corrected chi connectivity index (χ0v) is 13.1. The number of nitro groups is 2. The molecule has 0 aromatic heterocycles. The van der Waals surface area contributed by atoms with Crippen molar-refractivity contribution in [1.29, 1.82) is 0 Å². The fraction of sp³-hybridized carbons (Fsp3) is 0.188. The lowest BCUT2D eigenvalue weighted by atomic mass is 10.2. The van der Waals surface area contributed by atoms with Gasteiger partial charge in [0.15, 0.2) is 0 Å². The lowest BCUT2D eigenvalue weighted by Gasteiger charge is -2.35. The van der Waals surface area contributed by atoms with Gasteiger partial charge < -0.3 is 0 Å². The quantitative estimate of drug-likeness (QED) is 0.625. The summed E-state index contributed by atoms with van der Waals surface area (Å²) in [6.07, 6.45) is 0.636. The highest BCUT2D eigenvalue weighted by molar-refractivity contribution is 6.04. The molecule has 0 radical (unpaired) electrons. The van der Waals surface area contributed by atoms with Gasteiger partial charge in [-0.1, -0.05) is 12.1 Å². The summed E-state index contributed by atoms with van der Waals surface area (Å²) >= 11 is 0. The third-order valence-electron chi connectivity index (χ3n) is 3.93. The Morgan fingerprint density at radius 3 is 1.64 bits per heavy atom. The monoisotopic (exact) mass is 342 g/mol. The van der Waals surface area contributed by atoms with E-state index in [9.17, 15) is 25.0 Å². The lowest BCUT2D eigenvalue weighted by molar-refractivity contribution is -0.385. The largest absolute Gasteiger partial charge is 0.328 e. The molecule has 1 fully saturated rings. The fourth-order valence-electron chi connectivity index (χ4n) is 2.75. The molecular weight excluding hydrogens is 328 g/mol. The molecule has 1 heterocycles. The van der Waals surface area contributed by atoms with Gasteiger partial charge in [-0.3, -0.25) is 30.0 Å². The summed E-state index contributed by atoms with van der Waals surface area (Å²) in [6, 6.07) is 11.3. The van der Waals surface area contributed by atoms with Crippen LogP contribution in [0.4, 0.5) is 27.5 Å². The summed E-state index contributed by atoms with van der Waals surface area (Å²) in [7, 11) is 0. The number of hydrogen-bond acceptors (Lipinski definition) is 5. The number of benzene rings is 2. The molecule has 1 saturated heterocycles. The highest BCUT2D eigenvalue weighted by Gasteiger charge is 2.29. The van der Waals surface area contributed by atoms with Gasteiger partial charge in [0.05, 0.1) is 21.2 Å². The van der Waals surface area contributed by atoms with E-state index >= 15 is 0 Å². The number of carbonyl (C=O) groups excluding carboxylic acids is 1. The number of hydrogen-bond donors (Lipinski definition) is 0. The lowest BCUT2D eigenvalue weighted by Crippen LogP contribution is -2.49. The van der Waals surface area contributed by atoms with Crippen LogP contribution >= 0.6 is 0 Å². The second-order valence-electron chi connectivity index (χ2n) is 5.49. The molecule has 0 aliphatic carbocycles. The van der Waals surface area contributed by atoms with Crippen molar-refractivity contribution in [2.45, 2.75) is 6.42 Å². The SMILES string of the molecule is O=C1N(c2cccc([N+](=O)[O-])c2)CCCN1c1cccc([N+](=O)[O-])c1. The van der Waals surface area contributed by atoms with Gasteiger partial charge in [-0.05, 0) is 18.6 Å². The molecule has 9 nitrogen and oxygen atoms in total. The van der Waals surface area contributed by atoms with Gasteiger partial charge in [-0.25, -0.2) is 4.79 Å². The summed E-state index contributed by atoms with van der Waals surface area (Å²) in [5, 5.41) is 21.9. The molecule has 2 aromatic carbocycles. The standard InChI is InChI=1S/C16H14N4O5/c21-16-17(12-4-1-6-14(10-12)19(22)23)8-3-9-18(16)13-5-2-7-15(11-13)20(24)25/h1-2,4-7,10-11H,3,8-9H2. The summed E-state index contributed by atoms with van der Waals surface area (Å²) in [5.74, 6) is 0. The van der Waals surface area contributed by atoms with Crippen LogP contribution in [0.1, 0.15) is 6.42 Å². The van der Waals surface area contributed by atoms with E-state index in [0.717, 1.165) is 0 Å². The summed E-state index contributed by atoms with van der Waals surface area (Å²) in [4.78, 5) is 36.5. The third-order valence-corrected chi connectivity index (χ3v) is 3.93. The van der Waals surface area contributed by atoms with Crippen LogP contribution in [-0.2, 0) is 0 Å². The van der Waals surface area contributed by atoms with Crippen molar-refractivity contribution < 1.29 is 14.6 Å². The minimum absolute atomic E-state index is 0.0993. The molecule has 0 unspecified atom stereocenters. The minimum atomic E-state index is -0.518. The van der Waals surface area contributed by atoms with Crippen LogP contribution < -0.4 is 9.80 Å². The predicted molar refractivity (Wildman–Crippen MR) is 90.9 cm³/mol. The van der Waals surface area contributed by atoms with Gasteiger partial charge in [-0.15, -0.1) is 0 Å². The first-order chi connectivity index (χ1) is 12.0. The van der Waals surface area contributed by atoms with Gasteiger partial charge in [0.2, 0.25) is 0 Å². The Morgan fingerprint density at radius 1 is 0.800 bits per heavy atom. The molecule has 3 rings (SSSR count). The van der Waals surface area contributed by atoms with Gasteiger partial charge in [-0.2, -0.15) is 0 Å². The molecule has 25 heavy (non-hydrogen) atoms. The first-order valence-electron chi connectivity index (χ1n) is 7.55. The maximum Gasteiger partial charge on any atom is 0.328 e. The molecule has 9 heteroatoms. The second-order valence-corrected chi connectivity index (χ2v) is 5.49. The van der Waals surface area contributed by atoms with Crippen molar-refractivity contribution in [2.24, 2.45) is 0 Å². The van der Waals surface area contributed by atoms with Crippen molar-refractivity contribution in [3.05, 3.63) is 68.8 Å². The summed E-state index contributed by atoms with van der Waals surface area (Å²) < 4.78 is 0. The van der Waals surface area contributed by atoms with E-state index in [1.54, 1.807) is 12.1 Å². The van der Waals surface area contributed by atoms with Crippen LogP contribution in [0.25, 0.3) is 0 Å². The number of non-ortho nitro benzene ring substituents is 2. The molecule has 1 aliphatic heterocycles. The van der Waals surface area contributed by atoms with E-state index in [1.807, 2.05) is 0 Å². The molecule has 0 spiro atoms. The topological polar surface area (TPSA) is 110 Å². The van der Waals surface area contributed by atoms with Gasteiger partial charge in [0, 0.05) is 37.4 Å². The van der Waals surface area contributed by atoms with E-state index in [0.29, 0.717) is 30.9 Å². The molecule has 128 valence electrons. The number of nitrogens with zero attached hydrogens (tertiary/aromatic N) is 4. The van der Waals surface area contributed by atoms with Gasteiger partial charge in [0.1, 0.15) is 0 Å². The van der Waals surface area contributed by atoms with Crippen molar-refractivity contribution in [3.63, 3.8) is 0 Å². The predicted octanol–water partition coefficient (Wildman–Crippen LogP) is 3.34.